The summed E-state index contributed by atoms with van der Waals surface area (Å²) in [5, 5.41) is 10.7. The number of allylic oxidation sites excluding steroid dienone is 1. The van der Waals surface area contributed by atoms with Gasteiger partial charge in [0.05, 0.1) is 0 Å². The van der Waals surface area contributed by atoms with Crippen molar-refractivity contribution >= 4 is 18.9 Å². The Balaban J connectivity index is 2.87. The number of aromatic hydroxyl groups is 1. The molecule has 14 heavy (non-hydrogen) atoms. The molecule has 74 valence electrons. The second-order valence-electron chi connectivity index (χ2n) is 2.94. The fourth-order valence-electron chi connectivity index (χ4n) is 1.25. The van der Waals surface area contributed by atoms with Crippen LogP contribution in [0.1, 0.15) is 17.9 Å². The molecule has 1 atom stereocenters. The molecule has 1 N–H and O–H groups in total. The van der Waals surface area contributed by atoms with E-state index >= 15 is 0 Å². The van der Waals surface area contributed by atoms with Crippen LogP contribution in [0.5, 0.6) is 5.75 Å². The van der Waals surface area contributed by atoms with E-state index in [1.807, 2.05) is 6.08 Å². The average Bonchev–Trinajstić information content (AvgIpc) is 2.19. The maximum absolute atomic E-state index is 10.4. The van der Waals surface area contributed by atoms with E-state index in [1.54, 1.807) is 29.7 Å². The molecule has 0 aliphatic rings. The molecule has 0 unspecified atom stereocenters. The summed E-state index contributed by atoms with van der Waals surface area (Å²) in [7, 11) is 0. The van der Waals surface area contributed by atoms with Gasteiger partial charge in [-0.05, 0) is 23.1 Å². The molecule has 0 aliphatic carbocycles. The van der Waals surface area contributed by atoms with Gasteiger partial charge in [-0.15, -0.1) is 0 Å². The largest absolute Gasteiger partial charge is 0.508 e. The Bertz CT molecular complexity index is 317. The third-order valence-corrected chi connectivity index (χ3v) is 2.16. The third kappa shape index (κ3) is 2.92. The number of carbonyl (C=O) groups is 1. The molecular formula is C11H12O2S. The highest BCUT2D eigenvalue weighted by atomic mass is 32.1. The monoisotopic (exact) mass is 208 g/mol. The first-order valence-corrected chi connectivity index (χ1v) is 4.83. The van der Waals surface area contributed by atoms with Gasteiger partial charge in [0, 0.05) is 12.3 Å². The fraction of sp³-hybridized carbons (Fsp3) is 0.182. The van der Waals surface area contributed by atoms with Gasteiger partial charge in [0.25, 0.3) is 0 Å². The summed E-state index contributed by atoms with van der Waals surface area (Å²) in [5.74, 6) is 0.277. The van der Waals surface area contributed by atoms with Crippen molar-refractivity contribution in [3.05, 3.63) is 41.3 Å². The van der Waals surface area contributed by atoms with Crippen molar-refractivity contribution < 1.29 is 9.90 Å². The summed E-state index contributed by atoms with van der Waals surface area (Å²) in [6, 6.07) is 6.83. The van der Waals surface area contributed by atoms with Crippen molar-refractivity contribution in [3.63, 3.8) is 0 Å². The van der Waals surface area contributed by atoms with Crippen LogP contribution < -0.4 is 0 Å². The summed E-state index contributed by atoms with van der Waals surface area (Å²) in [5.41, 5.74) is 1.00. The van der Waals surface area contributed by atoms with Crippen LogP contribution in [0, 0.1) is 0 Å². The number of thiol groups is 1. The lowest BCUT2D eigenvalue weighted by Crippen LogP contribution is -1.95. The minimum Gasteiger partial charge on any atom is -0.508 e. The van der Waals surface area contributed by atoms with Gasteiger partial charge >= 0.3 is 0 Å². The Morgan fingerprint density at radius 2 is 2.00 bits per heavy atom. The Labute approximate surface area is 88.7 Å². The third-order valence-electron chi connectivity index (χ3n) is 1.99. The van der Waals surface area contributed by atoms with Crippen molar-refractivity contribution in [1.29, 1.82) is 0 Å². The summed E-state index contributed by atoms with van der Waals surface area (Å²) < 4.78 is 0. The molecule has 0 aromatic heterocycles. The van der Waals surface area contributed by atoms with Gasteiger partial charge in [-0.2, -0.15) is 12.6 Å². The van der Waals surface area contributed by atoms with Gasteiger partial charge < -0.3 is 9.90 Å². The van der Waals surface area contributed by atoms with Crippen LogP contribution in [-0.4, -0.2) is 11.4 Å². The Hall–Kier alpha value is -1.22. The normalized spacial score (nSPS) is 12.9. The van der Waals surface area contributed by atoms with Gasteiger partial charge in [0.1, 0.15) is 12.0 Å². The summed E-state index contributed by atoms with van der Waals surface area (Å²) >= 11 is 3.98. The zero-order valence-electron chi connectivity index (χ0n) is 7.63. The quantitative estimate of drug-likeness (QED) is 0.589. The zero-order valence-corrected chi connectivity index (χ0v) is 8.52. The number of hydrogen-bond acceptors (Lipinski definition) is 3. The summed E-state index contributed by atoms with van der Waals surface area (Å²) in [6.45, 7) is 0. The highest BCUT2D eigenvalue weighted by Crippen LogP contribution is 2.22. The molecular weight excluding hydrogens is 196 g/mol. The number of rotatable bonds is 4. The van der Waals surface area contributed by atoms with Crippen molar-refractivity contribution in [2.45, 2.75) is 12.3 Å². The molecule has 1 rings (SSSR count). The van der Waals surface area contributed by atoms with Crippen LogP contribution >= 0.6 is 12.6 Å². The van der Waals surface area contributed by atoms with Crippen LogP contribution in [0.2, 0.25) is 0 Å². The number of carbonyl (C=O) groups excluding carboxylic acids is 1. The molecule has 0 amide bonds. The molecule has 0 fully saturated rings. The Morgan fingerprint density at radius 1 is 1.36 bits per heavy atom. The van der Waals surface area contributed by atoms with E-state index in [-0.39, 0.29) is 11.7 Å². The van der Waals surface area contributed by atoms with E-state index in [0.717, 1.165) is 11.8 Å². The molecule has 1 aromatic carbocycles. The van der Waals surface area contributed by atoms with Crippen LogP contribution in [-0.2, 0) is 4.79 Å². The van der Waals surface area contributed by atoms with Crippen molar-refractivity contribution in [2.24, 2.45) is 0 Å². The van der Waals surface area contributed by atoms with Gasteiger partial charge in [0.15, 0.2) is 0 Å². The lowest BCUT2D eigenvalue weighted by atomic mass is 9.96. The van der Waals surface area contributed by atoms with E-state index in [9.17, 15) is 4.79 Å². The SMILES string of the molecule is O=CC[C@@H](/C=C/S)c1ccc(O)cc1. The van der Waals surface area contributed by atoms with Crippen LogP contribution in [0.4, 0.5) is 0 Å². The first kappa shape index (κ1) is 10.9. The second kappa shape index (κ2) is 5.50. The predicted octanol–water partition coefficient (Wildman–Crippen LogP) is 2.51. The highest BCUT2D eigenvalue weighted by molar-refractivity contribution is 7.83. The van der Waals surface area contributed by atoms with Crippen molar-refractivity contribution in [1.82, 2.24) is 0 Å². The van der Waals surface area contributed by atoms with Crippen molar-refractivity contribution in [3.8, 4) is 5.75 Å². The molecule has 0 saturated heterocycles. The number of phenolic OH excluding ortho intramolecular Hbond substituents is 1. The van der Waals surface area contributed by atoms with Crippen LogP contribution in [0.25, 0.3) is 0 Å². The summed E-state index contributed by atoms with van der Waals surface area (Å²) in [4.78, 5) is 10.4. The van der Waals surface area contributed by atoms with Gasteiger partial charge in [-0.1, -0.05) is 18.2 Å². The molecule has 0 spiro atoms. The van der Waals surface area contributed by atoms with Crippen molar-refractivity contribution in [2.75, 3.05) is 0 Å². The van der Waals surface area contributed by atoms with Crippen LogP contribution in [0.15, 0.2) is 35.7 Å². The first-order chi connectivity index (χ1) is 6.77. The van der Waals surface area contributed by atoms with Gasteiger partial charge in [-0.25, -0.2) is 0 Å². The molecule has 2 nitrogen and oxygen atoms in total. The topological polar surface area (TPSA) is 37.3 Å². The summed E-state index contributed by atoms with van der Waals surface area (Å²) in [6.07, 6.45) is 3.16. The minimum absolute atomic E-state index is 0.0469. The van der Waals surface area contributed by atoms with Gasteiger partial charge in [-0.3, -0.25) is 0 Å². The van der Waals surface area contributed by atoms with E-state index in [2.05, 4.69) is 12.6 Å². The van der Waals surface area contributed by atoms with E-state index in [4.69, 9.17) is 5.11 Å². The molecule has 0 heterocycles. The lowest BCUT2D eigenvalue weighted by molar-refractivity contribution is -0.108. The molecule has 0 bridgehead atoms. The maximum atomic E-state index is 10.4. The molecule has 3 heteroatoms. The first-order valence-electron chi connectivity index (χ1n) is 4.31. The molecule has 1 aromatic rings. The van der Waals surface area contributed by atoms with Gasteiger partial charge in [0.2, 0.25) is 0 Å². The molecule has 0 radical (unpaired) electrons. The predicted molar refractivity (Wildman–Crippen MR) is 59.7 cm³/mol. The number of aldehydes is 1. The Morgan fingerprint density at radius 3 is 2.50 bits per heavy atom. The smallest absolute Gasteiger partial charge is 0.120 e. The van der Waals surface area contributed by atoms with E-state index in [1.165, 1.54) is 0 Å². The average molecular weight is 208 g/mol. The second-order valence-corrected chi connectivity index (χ2v) is 3.24. The maximum Gasteiger partial charge on any atom is 0.120 e. The molecule has 0 aliphatic heterocycles. The number of phenols is 1. The molecule has 0 saturated carbocycles. The fourth-order valence-corrected chi connectivity index (χ4v) is 1.46. The highest BCUT2D eigenvalue weighted by Gasteiger charge is 2.06. The number of hydrogen-bond donors (Lipinski definition) is 2. The van der Waals surface area contributed by atoms with E-state index in [0.29, 0.717) is 6.42 Å². The Kier molecular flexibility index (Phi) is 4.26. The lowest BCUT2D eigenvalue weighted by Gasteiger charge is -2.09. The van der Waals surface area contributed by atoms with Crippen LogP contribution in [0.3, 0.4) is 0 Å². The minimum atomic E-state index is 0.0469. The standard InChI is InChI=1S/C11H12O2S/c12-7-5-10(6-8-14)9-1-3-11(13)4-2-9/h1-4,6-8,10,13-14H,5H2/b8-6+/t10-/m0/s1. The van der Waals surface area contributed by atoms with E-state index < -0.39 is 0 Å². The zero-order chi connectivity index (χ0) is 10.4. The number of benzene rings is 1.